The molecule has 1 heterocycles. The van der Waals surface area contributed by atoms with Gasteiger partial charge in [-0.1, -0.05) is 35.9 Å². The van der Waals surface area contributed by atoms with Gasteiger partial charge >= 0.3 is 11.8 Å². The van der Waals surface area contributed by atoms with E-state index < -0.39 is 17.4 Å². The predicted molar refractivity (Wildman–Crippen MR) is 77.2 cm³/mol. The van der Waals surface area contributed by atoms with Crippen molar-refractivity contribution in [3.63, 3.8) is 0 Å². The molecule has 1 saturated heterocycles. The van der Waals surface area contributed by atoms with Crippen LogP contribution in [0.15, 0.2) is 36.4 Å². The minimum atomic E-state index is -0.581. The van der Waals surface area contributed by atoms with Gasteiger partial charge in [0.25, 0.3) is 0 Å². The third kappa shape index (κ3) is 2.03. The van der Waals surface area contributed by atoms with Crippen molar-refractivity contribution in [3.8, 4) is 0 Å². The zero-order chi connectivity index (χ0) is 14.3. The fourth-order valence-corrected chi connectivity index (χ4v) is 2.57. The lowest BCUT2D eigenvalue weighted by atomic mass is 9.88. The molecule has 3 rings (SSSR count). The van der Waals surface area contributed by atoms with E-state index in [1.54, 1.807) is 0 Å². The number of carbonyl (C=O) groups is 2. The topological polar surface area (TPSA) is 58.2 Å². The lowest BCUT2D eigenvalue weighted by molar-refractivity contribution is -0.142. The van der Waals surface area contributed by atoms with Crippen molar-refractivity contribution in [2.45, 2.75) is 19.4 Å². The van der Waals surface area contributed by atoms with Gasteiger partial charge in [-0.15, -0.1) is 0 Å². The predicted octanol–water partition coefficient (Wildman–Crippen LogP) is 1.61. The van der Waals surface area contributed by atoms with Crippen LogP contribution in [0.2, 0.25) is 0 Å². The lowest BCUT2D eigenvalue weighted by Gasteiger charge is -2.35. The van der Waals surface area contributed by atoms with E-state index in [-0.39, 0.29) is 0 Å². The summed E-state index contributed by atoms with van der Waals surface area (Å²) in [6, 6.07) is 12.4. The summed E-state index contributed by atoms with van der Waals surface area (Å²) in [5.41, 5.74) is 1.64. The summed E-state index contributed by atoms with van der Waals surface area (Å²) in [6.07, 6.45) is 0. The van der Waals surface area contributed by atoms with Gasteiger partial charge in [0.05, 0.1) is 5.54 Å². The summed E-state index contributed by atoms with van der Waals surface area (Å²) in [4.78, 5) is 22.8. The summed E-state index contributed by atoms with van der Waals surface area (Å²) in [7, 11) is 0. The van der Waals surface area contributed by atoms with E-state index in [4.69, 9.17) is 0 Å². The summed E-state index contributed by atoms with van der Waals surface area (Å²) in [6.45, 7) is 4.38. The number of rotatable bonds is 1. The van der Waals surface area contributed by atoms with Crippen molar-refractivity contribution in [3.05, 3.63) is 47.5 Å². The summed E-state index contributed by atoms with van der Waals surface area (Å²) in [5, 5.41) is 7.71. The third-order valence-corrected chi connectivity index (χ3v) is 3.83. The van der Waals surface area contributed by atoms with Gasteiger partial charge in [0.15, 0.2) is 0 Å². The minimum Gasteiger partial charge on any atom is -0.345 e. The van der Waals surface area contributed by atoms with Gasteiger partial charge in [-0.3, -0.25) is 9.59 Å². The molecule has 0 radical (unpaired) electrons. The average molecular weight is 268 g/mol. The van der Waals surface area contributed by atoms with E-state index in [2.05, 4.69) is 41.8 Å². The van der Waals surface area contributed by atoms with Crippen LogP contribution < -0.4 is 10.6 Å². The van der Waals surface area contributed by atoms with Gasteiger partial charge in [-0.25, -0.2) is 0 Å². The maximum absolute atomic E-state index is 11.6. The molecule has 0 bridgehead atoms. The molecule has 1 atom stereocenters. The fourth-order valence-electron chi connectivity index (χ4n) is 2.57. The molecule has 20 heavy (non-hydrogen) atoms. The zero-order valence-corrected chi connectivity index (χ0v) is 11.5. The molecule has 0 aromatic heterocycles. The second kappa shape index (κ2) is 4.34. The van der Waals surface area contributed by atoms with Crippen molar-refractivity contribution in [2.24, 2.45) is 0 Å². The van der Waals surface area contributed by atoms with Crippen LogP contribution in [0.1, 0.15) is 18.1 Å². The molecule has 0 saturated carbocycles. The lowest BCUT2D eigenvalue weighted by Crippen LogP contribution is -2.60. The van der Waals surface area contributed by atoms with Crippen molar-refractivity contribution in [2.75, 3.05) is 6.54 Å². The molecule has 2 N–H and O–H groups in total. The van der Waals surface area contributed by atoms with Gasteiger partial charge in [0, 0.05) is 6.54 Å². The molecule has 4 heteroatoms. The van der Waals surface area contributed by atoms with E-state index in [9.17, 15) is 9.59 Å². The zero-order valence-electron chi connectivity index (χ0n) is 11.5. The van der Waals surface area contributed by atoms with E-state index >= 15 is 0 Å². The van der Waals surface area contributed by atoms with Gasteiger partial charge < -0.3 is 10.6 Å². The van der Waals surface area contributed by atoms with Crippen LogP contribution in [0.5, 0.6) is 0 Å². The second-order valence-electron chi connectivity index (χ2n) is 5.53. The Bertz CT molecular complexity index is 723. The Morgan fingerprint density at radius 1 is 1.00 bits per heavy atom. The van der Waals surface area contributed by atoms with Gasteiger partial charge in [-0.2, -0.15) is 0 Å². The smallest absolute Gasteiger partial charge is 0.310 e. The molecular formula is C16H16N2O2. The first-order chi connectivity index (χ1) is 9.48. The number of nitrogens with one attached hydrogen (secondary N) is 2. The third-order valence-electron chi connectivity index (χ3n) is 3.83. The Labute approximate surface area is 117 Å². The molecule has 1 unspecified atom stereocenters. The van der Waals surface area contributed by atoms with Crippen LogP contribution in [0.25, 0.3) is 10.8 Å². The molecule has 1 fully saturated rings. The van der Waals surface area contributed by atoms with Crippen LogP contribution in [0.4, 0.5) is 0 Å². The molecular weight excluding hydrogens is 252 g/mol. The molecule has 102 valence electrons. The van der Waals surface area contributed by atoms with Gasteiger partial charge in [0.1, 0.15) is 0 Å². The van der Waals surface area contributed by atoms with Crippen LogP contribution in [-0.2, 0) is 15.1 Å². The van der Waals surface area contributed by atoms with E-state index in [0.717, 1.165) is 10.9 Å². The molecule has 0 spiro atoms. The number of piperazine rings is 1. The summed E-state index contributed by atoms with van der Waals surface area (Å²) in [5.74, 6) is -1.15. The van der Waals surface area contributed by atoms with Gasteiger partial charge in [0.2, 0.25) is 0 Å². The standard InChI is InChI=1S/C16H16N2O2/c1-10-3-4-12-8-13(6-5-11(12)7-10)16(2)9-17-14(19)15(20)18-16/h3-8H,9H2,1-2H3,(H,17,19)(H,18,20). The Kier molecular flexibility index (Phi) is 2.74. The molecule has 2 aromatic carbocycles. The Morgan fingerprint density at radius 2 is 1.70 bits per heavy atom. The van der Waals surface area contributed by atoms with Crippen LogP contribution >= 0.6 is 0 Å². The maximum Gasteiger partial charge on any atom is 0.310 e. The number of benzene rings is 2. The Morgan fingerprint density at radius 3 is 2.45 bits per heavy atom. The van der Waals surface area contributed by atoms with Crippen molar-refractivity contribution in [1.82, 2.24) is 10.6 Å². The highest BCUT2D eigenvalue weighted by Crippen LogP contribution is 2.26. The van der Waals surface area contributed by atoms with E-state index in [1.807, 2.05) is 19.1 Å². The Hall–Kier alpha value is -2.36. The number of hydrogen-bond acceptors (Lipinski definition) is 2. The van der Waals surface area contributed by atoms with Crippen LogP contribution in [0, 0.1) is 6.92 Å². The SMILES string of the molecule is Cc1ccc2cc(C3(C)CNC(=O)C(=O)N3)ccc2c1. The highest BCUT2D eigenvalue weighted by molar-refractivity contribution is 6.35. The largest absolute Gasteiger partial charge is 0.345 e. The fraction of sp³-hybridized carbons (Fsp3) is 0.250. The highest BCUT2D eigenvalue weighted by atomic mass is 16.2. The van der Waals surface area contributed by atoms with Crippen molar-refractivity contribution >= 4 is 22.6 Å². The monoisotopic (exact) mass is 268 g/mol. The molecule has 0 aliphatic carbocycles. The van der Waals surface area contributed by atoms with Crippen LogP contribution in [-0.4, -0.2) is 18.4 Å². The van der Waals surface area contributed by atoms with Gasteiger partial charge in [-0.05, 0) is 36.2 Å². The Balaban J connectivity index is 2.03. The number of amides is 2. The number of carbonyl (C=O) groups excluding carboxylic acids is 2. The van der Waals surface area contributed by atoms with Crippen molar-refractivity contribution in [1.29, 1.82) is 0 Å². The summed E-state index contributed by atoms with van der Waals surface area (Å²) >= 11 is 0. The first-order valence-electron chi connectivity index (χ1n) is 6.59. The first-order valence-corrected chi connectivity index (χ1v) is 6.59. The summed E-state index contributed by atoms with van der Waals surface area (Å²) < 4.78 is 0. The number of fused-ring (bicyclic) bond motifs is 1. The molecule has 2 amide bonds. The normalized spacial score (nSPS) is 22.5. The number of hydrogen-bond donors (Lipinski definition) is 2. The van der Waals surface area contributed by atoms with E-state index in [0.29, 0.717) is 6.54 Å². The molecule has 1 aliphatic rings. The molecule has 2 aromatic rings. The van der Waals surface area contributed by atoms with Crippen molar-refractivity contribution < 1.29 is 9.59 Å². The quantitative estimate of drug-likeness (QED) is 0.772. The molecule has 1 aliphatic heterocycles. The van der Waals surface area contributed by atoms with Crippen LogP contribution in [0.3, 0.4) is 0 Å². The maximum atomic E-state index is 11.6. The first kappa shape index (κ1) is 12.7. The average Bonchev–Trinajstić information content (AvgIpc) is 2.43. The highest BCUT2D eigenvalue weighted by Gasteiger charge is 2.36. The second-order valence-corrected chi connectivity index (χ2v) is 5.53. The van der Waals surface area contributed by atoms with E-state index in [1.165, 1.54) is 10.9 Å². The minimum absolute atomic E-state index is 0.398. The number of aryl methyl sites for hydroxylation is 1. The molecule has 4 nitrogen and oxygen atoms in total.